The molecule has 4 heterocycles. The lowest BCUT2D eigenvalue weighted by molar-refractivity contribution is -0.139. The van der Waals surface area contributed by atoms with Crippen LogP contribution in [0.2, 0.25) is 0 Å². The average Bonchev–Trinajstić information content (AvgIpc) is 3.66. The molecule has 1 amide bonds. The van der Waals surface area contributed by atoms with Gasteiger partial charge in [0.2, 0.25) is 11.7 Å². The highest BCUT2D eigenvalue weighted by Crippen LogP contribution is 2.36. The lowest BCUT2D eigenvalue weighted by atomic mass is 10.1. The van der Waals surface area contributed by atoms with Gasteiger partial charge in [-0.25, -0.2) is 4.39 Å². The van der Waals surface area contributed by atoms with Crippen molar-refractivity contribution >= 4 is 39.1 Å². The molecule has 2 aromatic carbocycles. The van der Waals surface area contributed by atoms with E-state index in [0.29, 0.717) is 35.3 Å². The number of halogens is 4. The second-order valence-electron chi connectivity index (χ2n) is 10.4. The Kier molecular flexibility index (Phi) is 7.05. The number of aliphatic imine (C=N–C) groups is 1. The molecule has 5 aromatic rings. The van der Waals surface area contributed by atoms with Gasteiger partial charge in [-0.3, -0.25) is 9.79 Å². The molecule has 1 saturated heterocycles. The molecule has 13 heteroatoms. The molecule has 6 rings (SSSR count). The summed E-state index contributed by atoms with van der Waals surface area (Å²) >= 11 is 0. The summed E-state index contributed by atoms with van der Waals surface area (Å²) in [5.41, 5.74) is 2.36. The Hall–Kier alpha value is -4.52. The van der Waals surface area contributed by atoms with Gasteiger partial charge in [-0.1, -0.05) is 17.3 Å². The summed E-state index contributed by atoms with van der Waals surface area (Å²) in [5.74, 6) is -0.423. The summed E-state index contributed by atoms with van der Waals surface area (Å²) < 4.78 is 63.9. The zero-order valence-corrected chi connectivity index (χ0v) is 22.8. The molecule has 0 aliphatic carbocycles. The number of carbonyl (C=O) groups is 1. The van der Waals surface area contributed by atoms with Crippen LogP contribution in [0.4, 0.5) is 23.2 Å². The zero-order valence-electron chi connectivity index (χ0n) is 22.8. The first-order chi connectivity index (χ1) is 20.1. The Morgan fingerprint density at radius 1 is 1.14 bits per heavy atom. The molecule has 0 bridgehead atoms. The lowest BCUT2D eigenvalue weighted by Gasteiger charge is -2.26. The van der Waals surface area contributed by atoms with Crippen molar-refractivity contribution in [1.82, 2.24) is 29.5 Å². The molecular weight excluding hydrogens is 554 g/mol. The van der Waals surface area contributed by atoms with Crippen LogP contribution in [0.3, 0.4) is 0 Å². The first-order valence-corrected chi connectivity index (χ1v) is 13.3. The highest BCUT2D eigenvalue weighted by molar-refractivity contribution is 6.00. The number of carbonyl (C=O) groups excluding carboxylic acids is 1. The summed E-state index contributed by atoms with van der Waals surface area (Å²) in [4.78, 5) is 23.4. The number of rotatable bonds is 6. The number of nitrogens with one attached hydrogen (secondary N) is 1. The van der Waals surface area contributed by atoms with Crippen LogP contribution in [-0.2, 0) is 20.1 Å². The fourth-order valence-corrected chi connectivity index (χ4v) is 5.21. The summed E-state index contributed by atoms with van der Waals surface area (Å²) in [6.07, 6.45) is -3.49. The van der Waals surface area contributed by atoms with Crippen LogP contribution in [0.5, 0.6) is 0 Å². The van der Waals surface area contributed by atoms with Gasteiger partial charge in [0.15, 0.2) is 6.17 Å². The Morgan fingerprint density at radius 3 is 2.76 bits per heavy atom. The number of amides is 1. The van der Waals surface area contributed by atoms with Gasteiger partial charge < -0.3 is 23.9 Å². The highest BCUT2D eigenvalue weighted by Gasteiger charge is 2.31. The van der Waals surface area contributed by atoms with E-state index in [9.17, 15) is 22.4 Å². The fourth-order valence-electron chi connectivity index (χ4n) is 5.21. The SMILES string of the molecule is CN1CC/C(=N\c2cccc3c2cc(-c2noc(CNC(=O)c4ccc5ccn(C)c5c4)n2)n3CC(F)(F)F)[C@@H](F)C1. The molecule has 0 radical (unpaired) electrons. The molecule has 1 aliphatic heterocycles. The van der Waals surface area contributed by atoms with Crippen LogP contribution in [0, 0.1) is 0 Å². The van der Waals surface area contributed by atoms with Gasteiger partial charge in [-0.2, -0.15) is 18.2 Å². The van der Waals surface area contributed by atoms with Crippen molar-refractivity contribution in [3.05, 3.63) is 66.2 Å². The predicted molar refractivity (Wildman–Crippen MR) is 149 cm³/mol. The van der Waals surface area contributed by atoms with Crippen LogP contribution in [0.1, 0.15) is 22.7 Å². The minimum Gasteiger partial charge on any atom is -0.351 e. The van der Waals surface area contributed by atoms with Crippen molar-refractivity contribution in [2.45, 2.75) is 31.9 Å². The van der Waals surface area contributed by atoms with Gasteiger partial charge in [-0.05, 0) is 48.8 Å². The van der Waals surface area contributed by atoms with E-state index in [1.807, 2.05) is 41.9 Å². The van der Waals surface area contributed by atoms with E-state index >= 15 is 0 Å². The van der Waals surface area contributed by atoms with E-state index < -0.39 is 18.9 Å². The minimum atomic E-state index is -4.54. The largest absolute Gasteiger partial charge is 0.406 e. The van der Waals surface area contributed by atoms with Gasteiger partial charge in [-0.15, -0.1) is 0 Å². The first kappa shape index (κ1) is 27.6. The Bertz CT molecular complexity index is 1820. The smallest absolute Gasteiger partial charge is 0.351 e. The number of hydrogen-bond acceptors (Lipinski definition) is 6. The molecule has 218 valence electrons. The summed E-state index contributed by atoms with van der Waals surface area (Å²) in [6.45, 7) is -0.580. The van der Waals surface area contributed by atoms with Crippen LogP contribution in [0.15, 0.2) is 64.2 Å². The van der Waals surface area contributed by atoms with Crippen molar-refractivity contribution < 1.29 is 26.9 Å². The number of alkyl halides is 4. The maximum absolute atomic E-state index is 14.7. The second kappa shape index (κ2) is 10.7. The Morgan fingerprint density at radius 2 is 1.98 bits per heavy atom. The van der Waals surface area contributed by atoms with Crippen molar-refractivity contribution in [2.75, 3.05) is 20.1 Å². The topological polar surface area (TPSA) is 93.5 Å². The quantitative estimate of drug-likeness (QED) is 0.270. The number of aromatic nitrogens is 4. The number of benzene rings is 2. The summed E-state index contributed by atoms with van der Waals surface area (Å²) in [7, 11) is 3.70. The van der Waals surface area contributed by atoms with E-state index in [0.717, 1.165) is 15.5 Å². The highest BCUT2D eigenvalue weighted by atomic mass is 19.4. The third-order valence-electron chi connectivity index (χ3n) is 7.36. The van der Waals surface area contributed by atoms with E-state index in [2.05, 4.69) is 20.4 Å². The normalized spacial score (nSPS) is 17.5. The average molecular weight is 582 g/mol. The van der Waals surface area contributed by atoms with E-state index in [4.69, 9.17) is 4.52 Å². The molecule has 0 saturated carbocycles. The third kappa shape index (κ3) is 5.51. The number of likely N-dealkylation sites (tertiary alicyclic amines) is 1. The van der Waals surface area contributed by atoms with Crippen molar-refractivity contribution in [2.24, 2.45) is 12.0 Å². The van der Waals surface area contributed by atoms with Gasteiger partial charge >= 0.3 is 6.18 Å². The molecule has 1 aliphatic rings. The zero-order chi connectivity index (χ0) is 29.6. The number of fused-ring (bicyclic) bond motifs is 2. The number of aryl methyl sites for hydroxylation is 1. The van der Waals surface area contributed by atoms with Gasteiger partial charge in [0.05, 0.1) is 29.2 Å². The molecule has 42 heavy (non-hydrogen) atoms. The monoisotopic (exact) mass is 581 g/mol. The predicted octanol–water partition coefficient (Wildman–Crippen LogP) is 5.42. The molecule has 1 N–H and O–H groups in total. The van der Waals surface area contributed by atoms with Gasteiger partial charge in [0, 0.05) is 49.2 Å². The maximum atomic E-state index is 14.7. The number of hydrogen-bond donors (Lipinski definition) is 1. The van der Waals surface area contributed by atoms with E-state index in [1.54, 1.807) is 30.3 Å². The number of piperidine rings is 1. The van der Waals surface area contributed by atoms with E-state index in [-0.39, 0.29) is 41.9 Å². The van der Waals surface area contributed by atoms with Crippen molar-refractivity contribution in [3.8, 4) is 11.5 Å². The molecule has 9 nitrogen and oxygen atoms in total. The van der Waals surface area contributed by atoms with Crippen LogP contribution in [0.25, 0.3) is 33.3 Å². The lowest BCUT2D eigenvalue weighted by Crippen LogP contribution is -2.39. The Labute approximate surface area is 237 Å². The molecule has 0 spiro atoms. The third-order valence-corrected chi connectivity index (χ3v) is 7.36. The molecule has 1 fully saturated rings. The summed E-state index contributed by atoms with van der Waals surface area (Å²) in [5, 5.41) is 8.02. The maximum Gasteiger partial charge on any atom is 0.406 e. The molecular formula is C29H27F4N7O2. The fraction of sp³-hybridized carbons (Fsp3) is 0.310. The van der Waals surface area contributed by atoms with Crippen LogP contribution < -0.4 is 5.32 Å². The molecule has 1 atom stereocenters. The molecule has 3 aromatic heterocycles. The first-order valence-electron chi connectivity index (χ1n) is 13.3. The van der Waals surface area contributed by atoms with Gasteiger partial charge in [0.1, 0.15) is 6.54 Å². The minimum absolute atomic E-state index is 0.0224. The van der Waals surface area contributed by atoms with Crippen molar-refractivity contribution in [1.29, 1.82) is 0 Å². The van der Waals surface area contributed by atoms with Crippen LogP contribution >= 0.6 is 0 Å². The summed E-state index contributed by atoms with van der Waals surface area (Å²) in [6, 6.07) is 13.5. The molecule has 0 unspecified atom stereocenters. The van der Waals surface area contributed by atoms with Gasteiger partial charge in [0.25, 0.3) is 5.91 Å². The Balaban J connectivity index is 1.29. The van der Waals surface area contributed by atoms with Crippen LogP contribution in [-0.4, -0.2) is 68.3 Å². The second-order valence-corrected chi connectivity index (χ2v) is 10.4. The standard InChI is InChI=1S/C29H27F4N7O2/c1-38-10-9-22(20(30)15-38)35-21-4-3-5-23-19(21)13-25(40(23)16-29(31,32)33)27-36-26(42-37-27)14-34-28(41)18-7-6-17-8-11-39(2)24(17)12-18/h3-8,11-13,20H,9-10,14-16H2,1-2H3,(H,34,41)/b35-22+/t20-/m0/s1. The van der Waals surface area contributed by atoms with Crippen molar-refractivity contribution in [3.63, 3.8) is 0 Å². The van der Waals surface area contributed by atoms with E-state index in [1.165, 1.54) is 6.07 Å². The number of nitrogens with zero attached hydrogens (tertiary/aromatic N) is 6.